The SMILES string of the molecule is Cc1ccc(-c2cccc(C(=O)N3CCNC(=O)C3Cc3ccccc3)c2)o1. The summed E-state index contributed by atoms with van der Waals surface area (Å²) in [5, 5.41) is 2.88. The number of aryl methyl sites for hydroxylation is 1. The minimum atomic E-state index is -0.516. The number of hydrogen-bond donors (Lipinski definition) is 1. The quantitative estimate of drug-likeness (QED) is 0.761. The fraction of sp³-hybridized carbons (Fsp3) is 0.217. The summed E-state index contributed by atoms with van der Waals surface area (Å²) in [7, 11) is 0. The third kappa shape index (κ3) is 3.69. The van der Waals surface area contributed by atoms with E-state index in [1.807, 2.05) is 67.6 Å². The summed E-state index contributed by atoms with van der Waals surface area (Å²) in [5.41, 5.74) is 2.43. The fourth-order valence-electron chi connectivity index (χ4n) is 3.56. The Hall–Kier alpha value is -3.34. The molecule has 0 saturated carbocycles. The molecule has 1 saturated heterocycles. The van der Waals surface area contributed by atoms with Crippen LogP contribution in [-0.4, -0.2) is 35.8 Å². The number of carbonyl (C=O) groups excluding carboxylic acids is 2. The van der Waals surface area contributed by atoms with Gasteiger partial charge in [0, 0.05) is 30.6 Å². The van der Waals surface area contributed by atoms with E-state index >= 15 is 0 Å². The van der Waals surface area contributed by atoms with Crippen LogP contribution in [0, 0.1) is 6.92 Å². The van der Waals surface area contributed by atoms with Crippen molar-refractivity contribution in [3.8, 4) is 11.3 Å². The number of nitrogens with zero attached hydrogens (tertiary/aromatic N) is 1. The maximum absolute atomic E-state index is 13.2. The van der Waals surface area contributed by atoms with E-state index in [1.54, 1.807) is 11.0 Å². The topological polar surface area (TPSA) is 62.6 Å². The Morgan fingerprint density at radius 1 is 1.11 bits per heavy atom. The normalized spacial score (nSPS) is 16.7. The largest absolute Gasteiger partial charge is 0.461 e. The van der Waals surface area contributed by atoms with Crippen molar-refractivity contribution in [3.05, 3.63) is 83.6 Å². The molecule has 0 radical (unpaired) electrons. The zero-order valence-corrected chi connectivity index (χ0v) is 15.7. The van der Waals surface area contributed by atoms with Gasteiger partial charge in [0.05, 0.1) is 0 Å². The van der Waals surface area contributed by atoms with Crippen LogP contribution in [0.15, 0.2) is 71.1 Å². The Morgan fingerprint density at radius 3 is 2.68 bits per heavy atom. The number of furan rings is 1. The molecular formula is C23H22N2O3. The average Bonchev–Trinajstić information content (AvgIpc) is 3.16. The van der Waals surface area contributed by atoms with Gasteiger partial charge in [-0.3, -0.25) is 9.59 Å². The Kier molecular flexibility index (Phi) is 4.98. The third-order valence-corrected chi connectivity index (χ3v) is 5.00. The summed E-state index contributed by atoms with van der Waals surface area (Å²) in [6.07, 6.45) is 0.496. The van der Waals surface area contributed by atoms with E-state index < -0.39 is 6.04 Å². The van der Waals surface area contributed by atoms with Gasteiger partial charge >= 0.3 is 0 Å². The maximum atomic E-state index is 13.2. The second kappa shape index (κ2) is 7.72. The minimum Gasteiger partial charge on any atom is -0.461 e. The van der Waals surface area contributed by atoms with Crippen molar-refractivity contribution < 1.29 is 14.0 Å². The smallest absolute Gasteiger partial charge is 0.254 e. The van der Waals surface area contributed by atoms with Crippen molar-refractivity contribution >= 4 is 11.8 Å². The predicted octanol–water partition coefficient (Wildman–Crippen LogP) is 3.44. The van der Waals surface area contributed by atoms with Gasteiger partial charge in [0.25, 0.3) is 5.91 Å². The molecule has 1 atom stereocenters. The van der Waals surface area contributed by atoms with Crippen LogP contribution in [0.3, 0.4) is 0 Å². The number of rotatable bonds is 4. The molecule has 4 rings (SSSR count). The molecule has 2 heterocycles. The van der Waals surface area contributed by atoms with Gasteiger partial charge < -0.3 is 14.6 Å². The minimum absolute atomic E-state index is 0.110. The first-order valence-corrected chi connectivity index (χ1v) is 9.41. The summed E-state index contributed by atoms with van der Waals surface area (Å²) >= 11 is 0. The zero-order valence-electron chi connectivity index (χ0n) is 15.7. The van der Waals surface area contributed by atoms with Crippen molar-refractivity contribution in [2.75, 3.05) is 13.1 Å². The highest BCUT2D eigenvalue weighted by Gasteiger charge is 2.33. The van der Waals surface area contributed by atoms with E-state index in [9.17, 15) is 9.59 Å². The molecule has 3 aromatic rings. The van der Waals surface area contributed by atoms with Gasteiger partial charge in [-0.15, -0.1) is 0 Å². The fourth-order valence-corrected chi connectivity index (χ4v) is 3.56. The molecule has 142 valence electrons. The molecule has 2 aromatic carbocycles. The second-order valence-electron chi connectivity index (χ2n) is 6.99. The highest BCUT2D eigenvalue weighted by molar-refractivity contribution is 5.99. The first-order valence-electron chi connectivity index (χ1n) is 9.41. The average molecular weight is 374 g/mol. The van der Waals surface area contributed by atoms with Crippen molar-refractivity contribution in [3.63, 3.8) is 0 Å². The third-order valence-electron chi connectivity index (χ3n) is 5.00. The maximum Gasteiger partial charge on any atom is 0.254 e. The van der Waals surface area contributed by atoms with Crippen molar-refractivity contribution in [1.29, 1.82) is 0 Å². The summed E-state index contributed by atoms with van der Waals surface area (Å²) in [6, 6.07) is 20.4. The van der Waals surface area contributed by atoms with Gasteiger partial charge in [0.2, 0.25) is 5.91 Å². The molecule has 1 aliphatic heterocycles. The molecule has 0 aliphatic carbocycles. The molecular weight excluding hydrogens is 352 g/mol. The lowest BCUT2D eigenvalue weighted by Gasteiger charge is -2.35. The first kappa shape index (κ1) is 18.0. The molecule has 1 fully saturated rings. The van der Waals surface area contributed by atoms with E-state index in [0.717, 1.165) is 22.6 Å². The Bertz CT molecular complexity index is 994. The van der Waals surface area contributed by atoms with Crippen LogP contribution < -0.4 is 5.32 Å². The monoisotopic (exact) mass is 374 g/mol. The molecule has 1 aliphatic rings. The number of hydrogen-bond acceptors (Lipinski definition) is 3. The molecule has 5 nitrogen and oxygen atoms in total. The second-order valence-corrected chi connectivity index (χ2v) is 6.99. The van der Waals surface area contributed by atoms with E-state index in [4.69, 9.17) is 4.42 Å². The number of piperazine rings is 1. The van der Waals surface area contributed by atoms with Crippen LogP contribution >= 0.6 is 0 Å². The van der Waals surface area contributed by atoms with Gasteiger partial charge in [-0.2, -0.15) is 0 Å². The van der Waals surface area contributed by atoms with Gasteiger partial charge in [0.15, 0.2) is 0 Å². The first-order chi connectivity index (χ1) is 13.6. The van der Waals surface area contributed by atoms with Gasteiger partial charge in [-0.05, 0) is 36.8 Å². The number of nitrogens with one attached hydrogen (secondary N) is 1. The van der Waals surface area contributed by atoms with Crippen molar-refractivity contribution in [1.82, 2.24) is 10.2 Å². The zero-order chi connectivity index (χ0) is 19.5. The lowest BCUT2D eigenvalue weighted by molar-refractivity contribution is -0.127. The van der Waals surface area contributed by atoms with Crippen LogP contribution in [0.25, 0.3) is 11.3 Å². The van der Waals surface area contributed by atoms with Crippen molar-refractivity contribution in [2.45, 2.75) is 19.4 Å². The Labute approximate surface area is 164 Å². The molecule has 5 heteroatoms. The molecule has 28 heavy (non-hydrogen) atoms. The summed E-state index contributed by atoms with van der Waals surface area (Å²) < 4.78 is 5.68. The van der Waals surface area contributed by atoms with Crippen molar-refractivity contribution in [2.24, 2.45) is 0 Å². The highest BCUT2D eigenvalue weighted by atomic mass is 16.3. The molecule has 1 N–H and O–H groups in total. The van der Waals surface area contributed by atoms with Crippen LogP contribution in [0.5, 0.6) is 0 Å². The Morgan fingerprint density at radius 2 is 1.93 bits per heavy atom. The van der Waals surface area contributed by atoms with Crippen LogP contribution in [0.2, 0.25) is 0 Å². The van der Waals surface area contributed by atoms with Gasteiger partial charge in [-0.25, -0.2) is 0 Å². The van der Waals surface area contributed by atoms with E-state index in [0.29, 0.717) is 25.1 Å². The molecule has 0 bridgehead atoms. The summed E-state index contributed by atoms with van der Waals surface area (Å²) in [5.74, 6) is 1.30. The standard InChI is InChI=1S/C23H22N2O3/c1-16-10-11-21(28-16)18-8-5-9-19(15-18)23(27)25-13-12-24-22(26)20(25)14-17-6-3-2-4-7-17/h2-11,15,20H,12-14H2,1H3,(H,24,26). The summed E-state index contributed by atoms with van der Waals surface area (Å²) in [4.78, 5) is 27.4. The summed E-state index contributed by atoms with van der Waals surface area (Å²) in [6.45, 7) is 2.85. The van der Waals surface area contributed by atoms with Crippen LogP contribution in [-0.2, 0) is 11.2 Å². The van der Waals surface area contributed by atoms with E-state index in [-0.39, 0.29) is 11.8 Å². The lowest BCUT2D eigenvalue weighted by Crippen LogP contribution is -2.58. The van der Waals surface area contributed by atoms with Crippen LogP contribution in [0.1, 0.15) is 21.7 Å². The Balaban J connectivity index is 1.61. The number of benzene rings is 2. The van der Waals surface area contributed by atoms with Crippen LogP contribution in [0.4, 0.5) is 0 Å². The molecule has 1 unspecified atom stereocenters. The van der Waals surface area contributed by atoms with Gasteiger partial charge in [0.1, 0.15) is 17.6 Å². The highest BCUT2D eigenvalue weighted by Crippen LogP contribution is 2.24. The molecule has 1 aromatic heterocycles. The molecule has 2 amide bonds. The molecule has 0 spiro atoms. The van der Waals surface area contributed by atoms with E-state index in [1.165, 1.54) is 0 Å². The number of carbonyl (C=O) groups is 2. The van der Waals surface area contributed by atoms with E-state index in [2.05, 4.69) is 5.32 Å². The number of amides is 2. The van der Waals surface area contributed by atoms with Gasteiger partial charge in [-0.1, -0.05) is 42.5 Å². The lowest BCUT2D eigenvalue weighted by atomic mass is 10.0. The predicted molar refractivity (Wildman–Crippen MR) is 107 cm³/mol.